The Morgan fingerprint density at radius 3 is 2.36 bits per heavy atom. The minimum atomic E-state index is -0.204. The molecule has 2 fully saturated rings. The summed E-state index contributed by atoms with van der Waals surface area (Å²) < 4.78 is 0. The number of hydrogen-bond acceptors (Lipinski definition) is 3. The van der Waals surface area contributed by atoms with Crippen LogP contribution < -0.4 is 16.4 Å². The summed E-state index contributed by atoms with van der Waals surface area (Å²) in [6, 6.07) is -0.120. The fraction of sp³-hybridized carbons (Fsp3) is 0.882. The zero-order chi connectivity index (χ0) is 16.0. The van der Waals surface area contributed by atoms with Crippen LogP contribution in [0, 0.1) is 5.92 Å². The molecular weight excluding hydrogens is 278 g/mol. The Morgan fingerprint density at radius 1 is 1.14 bits per heavy atom. The highest BCUT2D eigenvalue weighted by Crippen LogP contribution is 2.28. The van der Waals surface area contributed by atoms with Gasteiger partial charge in [-0.05, 0) is 32.6 Å². The van der Waals surface area contributed by atoms with Crippen LogP contribution in [0.2, 0.25) is 0 Å². The predicted molar refractivity (Wildman–Crippen MR) is 87.2 cm³/mol. The van der Waals surface area contributed by atoms with Gasteiger partial charge in [-0.1, -0.05) is 32.1 Å². The number of hydrogen-bond donors (Lipinski definition) is 3. The van der Waals surface area contributed by atoms with Gasteiger partial charge in [0.2, 0.25) is 11.8 Å². The Balaban J connectivity index is 1.74. The van der Waals surface area contributed by atoms with Gasteiger partial charge in [0.25, 0.3) is 0 Å². The first-order valence-corrected chi connectivity index (χ1v) is 8.86. The van der Waals surface area contributed by atoms with Crippen LogP contribution >= 0.6 is 0 Å². The molecule has 1 atom stereocenters. The van der Waals surface area contributed by atoms with E-state index in [0.29, 0.717) is 13.0 Å². The second-order valence-corrected chi connectivity index (χ2v) is 7.19. The predicted octanol–water partition coefficient (Wildman–Crippen LogP) is 1.85. The number of rotatable bonds is 6. The van der Waals surface area contributed by atoms with Crippen molar-refractivity contribution in [2.24, 2.45) is 11.7 Å². The van der Waals surface area contributed by atoms with Gasteiger partial charge < -0.3 is 16.4 Å². The highest BCUT2D eigenvalue weighted by Gasteiger charge is 2.34. The van der Waals surface area contributed by atoms with E-state index in [2.05, 4.69) is 10.6 Å². The number of nitrogens with two attached hydrogens (primary N) is 1. The average molecular weight is 309 g/mol. The molecule has 0 aromatic heterocycles. The first-order valence-electron chi connectivity index (χ1n) is 8.86. The first kappa shape index (κ1) is 17.3. The van der Waals surface area contributed by atoms with Crippen LogP contribution in [0.4, 0.5) is 0 Å². The molecule has 0 aromatic rings. The quantitative estimate of drug-likeness (QED) is 0.700. The normalized spacial score (nSPS) is 23.0. The monoisotopic (exact) mass is 309 g/mol. The first-order chi connectivity index (χ1) is 10.5. The Hall–Kier alpha value is -1.10. The van der Waals surface area contributed by atoms with Crippen molar-refractivity contribution in [3.05, 3.63) is 0 Å². The van der Waals surface area contributed by atoms with Crippen molar-refractivity contribution in [3.8, 4) is 0 Å². The molecule has 4 N–H and O–H groups in total. The third-order valence-electron chi connectivity index (χ3n) is 5.21. The summed E-state index contributed by atoms with van der Waals surface area (Å²) >= 11 is 0. The summed E-state index contributed by atoms with van der Waals surface area (Å²) in [6.07, 6.45) is 10.0. The summed E-state index contributed by atoms with van der Waals surface area (Å²) in [4.78, 5) is 24.4. The lowest BCUT2D eigenvalue weighted by Crippen LogP contribution is -2.53. The second kappa shape index (κ2) is 7.95. The number of carbonyl (C=O) groups excluding carboxylic acids is 2. The molecule has 2 saturated carbocycles. The maximum absolute atomic E-state index is 12.2. The van der Waals surface area contributed by atoms with Crippen LogP contribution in [0.1, 0.15) is 71.1 Å². The maximum Gasteiger partial charge on any atom is 0.223 e. The van der Waals surface area contributed by atoms with Crippen LogP contribution in [-0.4, -0.2) is 29.9 Å². The Kier molecular flexibility index (Phi) is 6.24. The van der Waals surface area contributed by atoms with Crippen molar-refractivity contribution < 1.29 is 9.59 Å². The van der Waals surface area contributed by atoms with Crippen molar-refractivity contribution in [1.29, 1.82) is 0 Å². The Bertz CT molecular complexity index is 385. The maximum atomic E-state index is 12.2. The van der Waals surface area contributed by atoms with Crippen LogP contribution in [0.15, 0.2) is 0 Å². The molecule has 126 valence electrons. The van der Waals surface area contributed by atoms with Crippen LogP contribution in [-0.2, 0) is 9.59 Å². The van der Waals surface area contributed by atoms with Crippen LogP contribution in [0.5, 0.6) is 0 Å². The fourth-order valence-corrected chi connectivity index (χ4v) is 3.83. The highest BCUT2D eigenvalue weighted by atomic mass is 16.2. The Morgan fingerprint density at radius 2 is 1.77 bits per heavy atom. The lowest BCUT2D eigenvalue weighted by molar-refractivity contribution is -0.127. The van der Waals surface area contributed by atoms with Crippen molar-refractivity contribution in [2.75, 3.05) is 6.54 Å². The van der Waals surface area contributed by atoms with E-state index >= 15 is 0 Å². The van der Waals surface area contributed by atoms with E-state index in [9.17, 15) is 9.59 Å². The van der Waals surface area contributed by atoms with Gasteiger partial charge in [-0.2, -0.15) is 0 Å². The third-order valence-corrected chi connectivity index (χ3v) is 5.21. The van der Waals surface area contributed by atoms with Gasteiger partial charge in [0.15, 0.2) is 0 Å². The molecule has 0 aromatic carbocycles. The van der Waals surface area contributed by atoms with Gasteiger partial charge >= 0.3 is 0 Å². The molecule has 22 heavy (non-hydrogen) atoms. The second-order valence-electron chi connectivity index (χ2n) is 7.19. The molecule has 0 spiro atoms. The molecule has 2 aliphatic carbocycles. The molecule has 1 unspecified atom stereocenters. The summed E-state index contributed by atoms with van der Waals surface area (Å²) in [5.41, 5.74) is 5.64. The van der Waals surface area contributed by atoms with Gasteiger partial charge in [-0.15, -0.1) is 0 Å². The van der Waals surface area contributed by atoms with E-state index < -0.39 is 0 Å². The standard InChI is InChI=1S/C17H31N3O2/c1-13(19-16(22)14-7-3-2-4-8-14)11-15(21)20-17(12-18)9-5-6-10-17/h13-14H,2-12,18H2,1H3,(H,19,22)(H,20,21). The van der Waals surface area contributed by atoms with Gasteiger partial charge in [-0.3, -0.25) is 9.59 Å². The van der Waals surface area contributed by atoms with E-state index in [1.54, 1.807) is 0 Å². The molecular formula is C17H31N3O2. The number of carbonyl (C=O) groups is 2. The zero-order valence-electron chi connectivity index (χ0n) is 13.8. The SMILES string of the molecule is CC(CC(=O)NC1(CN)CCCC1)NC(=O)C1CCCCC1. The molecule has 0 heterocycles. The third kappa shape index (κ3) is 4.70. The average Bonchev–Trinajstić information content (AvgIpc) is 2.96. The molecule has 0 radical (unpaired) electrons. The topological polar surface area (TPSA) is 84.2 Å². The largest absolute Gasteiger partial charge is 0.353 e. The van der Waals surface area contributed by atoms with Crippen molar-refractivity contribution >= 4 is 11.8 Å². The van der Waals surface area contributed by atoms with Gasteiger partial charge in [0.05, 0.1) is 5.54 Å². The van der Waals surface area contributed by atoms with E-state index in [4.69, 9.17) is 5.73 Å². The van der Waals surface area contributed by atoms with E-state index in [-0.39, 0.29) is 29.3 Å². The summed E-state index contributed by atoms with van der Waals surface area (Å²) in [5, 5.41) is 6.12. The smallest absolute Gasteiger partial charge is 0.223 e. The van der Waals surface area contributed by atoms with Crippen molar-refractivity contribution in [1.82, 2.24) is 10.6 Å². The van der Waals surface area contributed by atoms with Gasteiger partial charge in [0, 0.05) is 24.9 Å². The minimum Gasteiger partial charge on any atom is -0.353 e. The van der Waals surface area contributed by atoms with Crippen molar-refractivity contribution in [3.63, 3.8) is 0 Å². The molecule has 0 aliphatic heterocycles. The fourth-order valence-electron chi connectivity index (χ4n) is 3.83. The van der Waals surface area contributed by atoms with E-state index in [1.165, 1.54) is 6.42 Å². The molecule has 2 amide bonds. The molecule has 0 saturated heterocycles. The summed E-state index contributed by atoms with van der Waals surface area (Å²) in [5.74, 6) is 0.266. The van der Waals surface area contributed by atoms with Crippen LogP contribution in [0.3, 0.4) is 0 Å². The minimum absolute atomic E-state index is 0.00351. The lowest BCUT2D eigenvalue weighted by Gasteiger charge is -2.29. The van der Waals surface area contributed by atoms with E-state index in [0.717, 1.165) is 51.4 Å². The molecule has 2 rings (SSSR count). The van der Waals surface area contributed by atoms with E-state index in [1.807, 2.05) is 6.92 Å². The molecule has 0 bridgehead atoms. The number of amides is 2. The zero-order valence-corrected chi connectivity index (χ0v) is 13.8. The highest BCUT2D eigenvalue weighted by molar-refractivity contribution is 5.81. The lowest BCUT2D eigenvalue weighted by atomic mass is 9.88. The summed E-state index contributed by atoms with van der Waals surface area (Å²) in [7, 11) is 0. The molecule has 2 aliphatic rings. The molecule has 5 heteroatoms. The van der Waals surface area contributed by atoms with Crippen LogP contribution in [0.25, 0.3) is 0 Å². The van der Waals surface area contributed by atoms with Gasteiger partial charge in [-0.25, -0.2) is 0 Å². The number of nitrogens with one attached hydrogen (secondary N) is 2. The van der Waals surface area contributed by atoms with Gasteiger partial charge in [0.1, 0.15) is 0 Å². The Labute approximate surface area is 133 Å². The molecule has 5 nitrogen and oxygen atoms in total. The summed E-state index contributed by atoms with van der Waals surface area (Å²) in [6.45, 7) is 2.41. The van der Waals surface area contributed by atoms with Crippen molar-refractivity contribution in [2.45, 2.75) is 82.7 Å².